The van der Waals surface area contributed by atoms with Crippen molar-refractivity contribution < 1.29 is 18.7 Å². The third kappa shape index (κ3) is 3.55. The van der Waals surface area contributed by atoms with Gasteiger partial charge < -0.3 is 14.4 Å². The Balaban J connectivity index is 1.41. The third-order valence-corrected chi connectivity index (χ3v) is 5.00. The van der Waals surface area contributed by atoms with E-state index in [0.29, 0.717) is 31.1 Å². The second-order valence-corrected chi connectivity index (χ2v) is 6.94. The fourth-order valence-electron chi connectivity index (χ4n) is 3.79. The predicted molar refractivity (Wildman–Crippen MR) is 93.5 cm³/mol. The number of halogens is 1. The van der Waals surface area contributed by atoms with Crippen LogP contribution in [0.25, 0.3) is 0 Å². The van der Waals surface area contributed by atoms with Crippen molar-refractivity contribution in [2.24, 2.45) is 0 Å². The van der Waals surface area contributed by atoms with Crippen LogP contribution in [-0.2, 0) is 4.74 Å². The first-order chi connectivity index (χ1) is 12.6. The summed E-state index contributed by atoms with van der Waals surface area (Å²) in [6.07, 6.45) is 4.05. The van der Waals surface area contributed by atoms with E-state index >= 15 is 0 Å². The molecule has 0 bridgehead atoms. The van der Waals surface area contributed by atoms with E-state index < -0.39 is 0 Å². The van der Waals surface area contributed by atoms with Crippen molar-refractivity contribution in [2.75, 3.05) is 19.7 Å². The van der Waals surface area contributed by atoms with Crippen molar-refractivity contribution in [3.8, 4) is 5.75 Å². The van der Waals surface area contributed by atoms with Crippen LogP contribution in [0.15, 0.2) is 48.7 Å². The zero-order valence-corrected chi connectivity index (χ0v) is 14.4. The van der Waals surface area contributed by atoms with Crippen LogP contribution in [0.4, 0.5) is 4.39 Å². The van der Waals surface area contributed by atoms with Gasteiger partial charge in [0, 0.05) is 19.2 Å². The molecule has 2 aromatic rings. The summed E-state index contributed by atoms with van der Waals surface area (Å²) in [7, 11) is 0. The zero-order valence-electron chi connectivity index (χ0n) is 14.4. The summed E-state index contributed by atoms with van der Waals surface area (Å²) in [5.74, 6) is 0.290. The standard InChI is InChI=1S/C20H21FN2O3/c21-15-5-7-16(8-6-15)26-17-12-20(25-13-17)9-3-11-23(14-20)19(24)18-4-1-2-10-22-18/h1-2,4-8,10,17H,3,9,11-14H2/t17-,20+/m1/s1. The lowest BCUT2D eigenvalue weighted by Crippen LogP contribution is -2.50. The summed E-state index contributed by atoms with van der Waals surface area (Å²) in [4.78, 5) is 18.7. The smallest absolute Gasteiger partial charge is 0.272 e. The van der Waals surface area contributed by atoms with Gasteiger partial charge in [0.25, 0.3) is 5.91 Å². The number of ether oxygens (including phenoxy) is 2. The van der Waals surface area contributed by atoms with Crippen LogP contribution in [0.2, 0.25) is 0 Å². The highest BCUT2D eigenvalue weighted by Crippen LogP contribution is 2.36. The molecule has 2 aliphatic rings. The normalized spacial score (nSPS) is 25.4. The molecule has 5 nitrogen and oxygen atoms in total. The summed E-state index contributed by atoms with van der Waals surface area (Å²) in [5.41, 5.74) is 0.0922. The number of aromatic nitrogens is 1. The van der Waals surface area contributed by atoms with E-state index in [2.05, 4.69) is 4.98 Å². The number of nitrogens with zero attached hydrogens (tertiary/aromatic N) is 2. The maximum Gasteiger partial charge on any atom is 0.272 e. The third-order valence-electron chi connectivity index (χ3n) is 5.00. The molecule has 2 aliphatic heterocycles. The molecular weight excluding hydrogens is 335 g/mol. The summed E-state index contributed by atoms with van der Waals surface area (Å²) in [6, 6.07) is 11.4. The summed E-state index contributed by atoms with van der Waals surface area (Å²) in [6.45, 7) is 1.73. The van der Waals surface area contributed by atoms with Gasteiger partial charge in [-0.1, -0.05) is 6.07 Å². The van der Waals surface area contributed by atoms with E-state index in [9.17, 15) is 9.18 Å². The summed E-state index contributed by atoms with van der Waals surface area (Å²) >= 11 is 0. The first kappa shape index (κ1) is 17.0. The highest BCUT2D eigenvalue weighted by molar-refractivity contribution is 5.92. The van der Waals surface area contributed by atoms with Crippen molar-refractivity contribution in [2.45, 2.75) is 31.0 Å². The van der Waals surface area contributed by atoms with Crippen LogP contribution in [0.1, 0.15) is 29.8 Å². The number of carbonyl (C=O) groups is 1. The molecule has 1 aromatic carbocycles. The van der Waals surface area contributed by atoms with Gasteiger partial charge in [-0.25, -0.2) is 4.39 Å². The fraction of sp³-hybridized carbons (Fsp3) is 0.400. The molecule has 0 N–H and O–H groups in total. The average molecular weight is 356 g/mol. The monoisotopic (exact) mass is 356 g/mol. The summed E-state index contributed by atoms with van der Waals surface area (Å²) < 4.78 is 25.0. The highest BCUT2D eigenvalue weighted by atomic mass is 19.1. The van der Waals surface area contributed by atoms with Gasteiger partial charge in [-0.3, -0.25) is 9.78 Å². The van der Waals surface area contributed by atoms with Crippen LogP contribution >= 0.6 is 0 Å². The van der Waals surface area contributed by atoms with E-state index in [4.69, 9.17) is 9.47 Å². The van der Waals surface area contributed by atoms with Gasteiger partial charge in [0.1, 0.15) is 23.4 Å². The number of pyridine rings is 1. The first-order valence-electron chi connectivity index (χ1n) is 8.90. The van der Waals surface area contributed by atoms with E-state index in [1.165, 1.54) is 12.1 Å². The van der Waals surface area contributed by atoms with Gasteiger partial charge in [-0.05, 0) is 49.2 Å². The van der Waals surface area contributed by atoms with Gasteiger partial charge in [-0.2, -0.15) is 0 Å². The maximum atomic E-state index is 13.0. The molecule has 0 unspecified atom stereocenters. The SMILES string of the molecule is O=C(c1ccccn1)N1CCC[C@]2(C[C@@H](Oc3ccc(F)cc3)CO2)C1. The van der Waals surface area contributed by atoms with Crippen molar-refractivity contribution in [1.29, 1.82) is 0 Å². The van der Waals surface area contributed by atoms with Gasteiger partial charge in [0.05, 0.1) is 18.8 Å². The van der Waals surface area contributed by atoms with Crippen molar-refractivity contribution in [3.63, 3.8) is 0 Å². The Morgan fingerprint density at radius 2 is 2.12 bits per heavy atom. The Kier molecular flexibility index (Phi) is 4.59. The van der Waals surface area contributed by atoms with Crippen LogP contribution in [0.5, 0.6) is 5.75 Å². The number of hydrogen-bond acceptors (Lipinski definition) is 4. The molecule has 1 amide bonds. The van der Waals surface area contributed by atoms with Gasteiger partial charge in [0.15, 0.2) is 0 Å². The molecule has 6 heteroatoms. The molecular formula is C20H21FN2O3. The molecule has 2 saturated heterocycles. The largest absolute Gasteiger partial charge is 0.488 e. The Labute approximate surface area is 151 Å². The van der Waals surface area contributed by atoms with Crippen LogP contribution in [0, 0.1) is 5.82 Å². The molecule has 0 radical (unpaired) electrons. The number of likely N-dealkylation sites (tertiary alicyclic amines) is 1. The predicted octanol–water partition coefficient (Wildman–Crippen LogP) is 3.06. The lowest BCUT2D eigenvalue weighted by Gasteiger charge is -2.39. The molecule has 26 heavy (non-hydrogen) atoms. The van der Waals surface area contributed by atoms with E-state index in [0.717, 1.165) is 19.3 Å². The molecule has 3 heterocycles. The highest BCUT2D eigenvalue weighted by Gasteiger charge is 2.45. The number of hydrogen-bond donors (Lipinski definition) is 0. The van der Waals surface area contributed by atoms with Crippen LogP contribution in [0.3, 0.4) is 0 Å². The van der Waals surface area contributed by atoms with Crippen molar-refractivity contribution in [3.05, 3.63) is 60.2 Å². The van der Waals surface area contributed by atoms with E-state index in [1.54, 1.807) is 30.5 Å². The van der Waals surface area contributed by atoms with E-state index in [1.807, 2.05) is 11.0 Å². The van der Waals surface area contributed by atoms with Crippen LogP contribution < -0.4 is 4.74 Å². The lowest BCUT2D eigenvalue weighted by atomic mass is 9.89. The quantitative estimate of drug-likeness (QED) is 0.848. The van der Waals surface area contributed by atoms with Gasteiger partial charge in [0.2, 0.25) is 0 Å². The Morgan fingerprint density at radius 1 is 1.27 bits per heavy atom. The molecule has 136 valence electrons. The molecule has 0 aliphatic carbocycles. The minimum absolute atomic E-state index is 0.0591. The number of piperidine rings is 1. The maximum absolute atomic E-state index is 13.0. The van der Waals surface area contributed by atoms with Crippen molar-refractivity contribution >= 4 is 5.91 Å². The number of benzene rings is 1. The van der Waals surface area contributed by atoms with E-state index in [-0.39, 0.29) is 23.4 Å². The molecule has 2 atom stereocenters. The number of rotatable bonds is 3. The minimum atomic E-state index is -0.368. The molecule has 2 fully saturated rings. The van der Waals surface area contributed by atoms with Gasteiger partial charge in [-0.15, -0.1) is 0 Å². The minimum Gasteiger partial charge on any atom is -0.488 e. The topological polar surface area (TPSA) is 51.7 Å². The average Bonchev–Trinajstić information content (AvgIpc) is 3.05. The Bertz CT molecular complexity index is 768. The Hall–Kier alpha value is -2.47. The van der Waals surface area contributed by atoms with Crippen LogP contribution in [-0.4, -0.2) is 47.2 Å². The summed E-state index contributed by atoms with van der Waals surface area (Å²) in [5, 5.41) is 0. The lowest BCUT2D eigenvalue weighted by molar-refractivity contribution is -0.0454. The van der Waals surface area contributed by atoms with Crippen molar-refractivity contribution in [1.82, 2.24) is 9.88 Å². The van der Waals surface area contributed by atoms with Gasteiger partial charge >= 0.3 is 0 Å². The molecule has 1 spiro atoms. The first-order valence-corrected chi connectivity index (χ1v) is 8.90. The fourth-order valence-corrected chi connectivity index (χ4v) is 3.79. The number of carbonyl (C=O) groups excluding carboxylic acids is 1. The molecule has 4 rings (SSSR count). The second-order valence-electron chi connectivity index (χ2n) is 6.94. The second kappa shape index (κ2) is 7.03. The molecule has 1 aromatic heterocycles. The zero-order chi connectivity index (χ0) is 18.0. The molecule has 0 saturated carbocycles. The number of amides is 1. The Morgan fingerprint density at radius 3 is 2.88 bits per heavy atom.